The molecule has 0 bridgehead atoms. The number of aryl methyl sites for hydroxylation is 1. The van der Waals surface area contributed by atoms with E-state index in [2.05, 4.69) is 20.5 Å². The van der Waals surface area contributed by atoms with Crippen LogP contribution >= 0.6 is 0 Å². The second-order valence-electron chi connectivity index (χ2n) is 5.69. The first-order valence-corrected chi connectivity index (χ1v) is 9.30. The molecule has 0 aromatic heterocycles. The molecule has 3 aromatic carbocycles. The Morgan fingerprint density at radius 3 is 2.26 bits per heavy atom. The third-order valence-electron chi connectivity index (χ3n) is 3.98. The quantitative estimate of drug-likeness (QED) is 0.472. The Balaban J connectivity index is 2.31. The molecule has 8 nitrogen and oxygen atoms in total. The summed E-state index contributed by atoms with van der Waals surface area (Å²) in [5, 5.41) is 26.9. The summed E-state index contributed by atoms with van der Waals surface area (Å²) in [5.74, 6) is -0.400. The normalized spacial score (nSPS) is 12.4. The van der Waals surface area contributed by atoms with E-state index in [1.54, 1.807) is 49.4 Å². The van der Waals surface area contributed by atoms with E-state index in [0.29, 0.717) is 27.7 Å². The van der Waals surface area contributed by atoms with Gasteiger partial charge in [0.15, 0.2) is 5.75 Å². The van der Waals surface area contributed by atoms with Crippen LogP contribution in [-0.4, -0.2) is 25.1 Å². The lowest BCUT2D eigenvalue weighted by molar-refractivity contribution is 0.472. The van der Waals surface area contributed by atoms with Crippen molar-refractivity contribution in [3.63, 3.8) is 0 Å². The van der Waals surface area contributed by atoms with Crippen molar-refractivity contribution in [3.8, 4) is 5.75 Å². The molecule has 0 spiro atoms. The highest BCUT2D eigenvalue weighted by Gasteiger charge is 2.23. The SMILES string of the molecule is CN=Nc1ccc2c(O)c(N=Nc3ccccc3)c(S(=O)(=O)O)cc2c1C. The van der Waals surface area contributed by atoms with Crippen molar-refractivity contribution in [2.75, 3.05) is 7.05 Å². The van der Waals surface area contributed by atoms with E-state index in [0.717, 1.165) is 0 Å². The fourth-order valence-electron chi connectivity index (χ4n) is 2.66. The lowest BCUT2D eigenvalue weighted by atomic mass is 10.0. The third-order valence-corrected chi connectivity index (χ3v) is 4.85. The number of benzene rings is 3. The Kier molecular flexibility index (Phi) is 4.98. The van der Waals surface area contributed by atoms with Crippen LogP contribution in [0.5, 0.6) is 5.75 Å². The molecule has 0 atom stereocenters. The van der Waals surface area contributed by atoms with E-state index in [1.165, 1.54) is 13.1 Å². The van der Waals surface area contributed by atoms with Gasteiger partial charge in [0.05, 0.1) is 11.4 Å². The summed E-state index contributed by atoms with van der Waals surface area (Å²) < 4.78 is 33.4. The summed E-state index contributed by atoms with van der Waals surface area (Å²) in [6.45, 7) is 1.71. The number of phenols is 1. The number of fused-ring (bicyclic) bond motifs is 1. The largest absolute Gasteiger partial charge is 0.505 e. The summed E-state index contributed by atoms with van der Waals surface area (Å²) in [4.78, 5) is -0.541. The number of nitrogens with zero attached hydrogens (tertiary/aromatic N) is 4. The molecular weight excluding hydrogens is 368 g/mol. The summed E-state index contributed by atoms with van der Waals surface area (Å²) in [6.07, 6.45) is 0. The Labute approximate surface area is 155 Å². The molecule has 0 saturated carbocycles. The van der Waals surface area contributed by atoms with Crippen molar-refractivity contribution in [3.05, 3.63) is 54.1 Å². The third kappa shape index (κ3) is 3.69. The summed E-state index contributed by atoms with van der Waals surface area (Å²) in [6, 6.07) is 13.1. The van der Waals surface area contributed by atoms with Crippen LogP contribution in [0.1, 0.15) is 5.56 Å². The minimum atomic E-state index is -4.66. The maximum atomic E-state index is 11.9. The van der Waals surface area contributed by atoms with E-state index >= 15 is 0 Å². The van der Waals surface area contributed by atoms with Crippen LogP contribution in [0, 0.1) is 6.92 Å². The number of azo groups is 2. The Morgan fingerprint density at radius 2 is 1.63 bits per heavy atom. The zero-order valence-corrected chi connectivity index (χ0v) is 15.3. The topological polar surface area (TPSA) is 124 Å². The number of phenolic OH excluding ortho intramolecular Hbond substituents is 1. The minimum Gasteiger partial charge on any atom is -0.505 e. The van der Waals surface area contributed by atoms with Crippen LogP contribution in [0.4, 0.5) is 17.1 Å². The highest BCUT2D eigenvalue weighted by atomic mass is 32.2. The molecule has 0 aliphatic rings. The van der Waals surface area contributed by atoms with Crippen LogP contribution in [0.2, 0.25) is 0 Å². The highest BCUT2D eigenvalue weighted by Crippen LogP contribution is 2.43. The molecule has 0 aliphatic heterocycles. The smallest absolute Gasteiger partial charge is 0.296 e. The molecular formula is C18H16N4O4S. The molecule has 0 fully saturated rings. The predicted octanol–water partition coefficient (Wildman–Crippen LogP) is 5.23. The first-order valence-electron chi connectivity index (χ1n) is 7.86. The summed E-state index contributed by atoms with van der Waals surface area (Å²) in [5.41, 5.74) is 1.25. The Hall–Kier alpha value is -3.17. The van der Waals surface area contributed by atoms with Gasteiger partial charge < -0.3 is 5.11 Å². The molecule has 0 amide bonds. The lowest BCUT2D eigenvalue weighted by Crippen LogP contribution is -1.99. The molecule has 3 aromatic rings. The Morgan fingerprint density at radius 1 is 0.926 bits per heavy atom. The van der Waals surface area contributed by atoms with Gasteiger partial charge in [-0.3, -0.25) is 4.55 Å². The molecule has 27 heavy (non-hydrogen) atoms. The second-order valence-corrected chi connectivity index (χ2v) is 7.08. The maximum absolute atomic E-state index is 11.9. The number of aromatic hydroxyl groups is 1. The van der Waals surface area contributed by atoms with E-state index < -0.39 is 20.8 Å². The molecule has 0 aliphatic carbocycles. The van der Waals surface area contributed by atoms with Gasteiger partial charge in [0.1, 0.15) is 10.6 Å². The van der Waals surface area contributed by atoms with Crippen molar-refractivity contribution < 1.29 is 18.1 Å². The number of rotatable bonds is 4. The van der Waals surface area contributed by atoms with Crippen LogP contribution in [0.15, 0.2) is 73.9 Å². The molecule has 9 heteroatoms. The average Bonchev–Trinajstić information content (AvgIpc) is 2.63. The van der Waals surface area contributed by atoms with Gasteiger partial charge in [-0.25, -0.2) is 0 Å². The molecule has 0 saturated heterocycles. The zero-order valence-electron chi connectivity index (χ0n) is 14.5. The molecule has 3 rings (SSSR count). The van der Waals surface area contributed by atoms with E-state index in [-0.39, 0.29) is 5.69 Å². The van der Waals surface area contributed by atoms with Crippen LogP contribution in [0.3, 0.4) is 0 Å². The van der Waals surface area contributed by atoms with Gasteiger partial charge in [-0.15, -0.1) is 5.11 Å². The van der Waals surface area contributed by atoms with Crippen molar-refractivity contribution in [1.29, 1.82) is 0 Å². The first kappa shape index (κ1) is 18.6. The first-order chi connectivity index (χ1) is 12.8. The Bertz CT molecular complexity index is 1170. The second kappa shape index (κ2) is 7.22. The highest BCUT2D eigenvalue weighted by molar-refractivity contribution is 7.86. The van der Waals surface area contributed by atoms with Gasteiger partial charge in [0.2, 0.25) is 0 Å². The van der Waals surface area contributed by atoms with Gasteiger partial charge in [0, 0.05) is 12.4 Å². The molecule has 138 valence electrons. The minimum absolute atomic E-state index is 0.335. The average molecular weight is 384 g/mol. The van der Waals surface area contributed by atoms with E-state index in [9.17, 15) is 18.1 Å². The van der Waals surface area contributed by atoms with E-state index in [4.69, 9.17) is 0 Å². The predicted molar refractivity (Wildman–Crippen MR) is 101 cm³/mol. The zero-order chi connectivity index (χ0) is 19.6. The summed E-state index contributed by atoms with van der Waals surface area (Å²) in [7, 11) is -3.15. The van der Waals surface area contributed by atoms with Crippen molar-refractivity contribution in [2.45, 2.75) is 11.8 Å². The number of hydrogen-bond donors (Lipinski definition) is 2. The molecule has 0 radical (unpaired) electrons. The number of hydrogen-bond acceptors (Lipinski definition) is 7. The van der Waals surface area contributed by atoms with Crippen molar-refractivity contribution >= 4 is 38.0 Å². The fourth-order valence-corrected chi connectivity index (χ4v) is 3.31. The lowest BCUT2D eigenvalue weighted by Gasteiger charge is -2.11. The monoisotopic (exact) mass is 384 g/mol. The standard InChI is InChI=1S/C18H16N4O4S/c1-11-14-10-16(27(24,25)26)17(22-20-12-6-4-3-5-7-12)18(23)13(14)8-9-15(11)21-19-2/h3-10,23H,1-2H3,(H,24,25,26). The molecule has 0 heterocycles. The van der Waals surface area contributed by atoms with Gasteiger partial charge in [0.25, 0.3) is 10.1 Å². The van der Waals surface area contributed by atoms with Gasteiger partial charge in [-0.1, -0.05) is 18.2 Å². The van der Waals surface area contributed by atoms with Crippen LogP contribution in [0.25, 0.3) is 10.8 Å². The van der Waals surface area contributed by atoms with Crippen molar-refractivity contribution in [2.24, 2.45) is 20.5 Å². The van der Waals surface area contributed by atoms with E-state index in [1.807, 2.05) is 0 Å². The van der Waals surface area contributed by atoms with Crippen LogP contribution < -0.4 is 0 Å². The van der Waals surface area contributed by atoms with Gasteiger partial charge in [-0.2, -0.15) is 23.8 Å². The van der Waals surface area contributed by atoms with Gasteiger partial charge in [-0.05, 0) is 48.2 Å². The molecule has 0 unspecified atom stereocenters. The van der Waals surface area contributed by atoms with Crippen LogP contribution in [-0.2, 0) is 10.1 Å². The van der Waals surface area contributed by atoms with Crippen molar-refractivity contribution in [1.82, 2.24) is 0 Å². The summed E-state index contributed by atoms with van der Waals surface area (Å²) >= 11 is 0. The fraction of sp³-hybridized carbons (Fsp3) is 0.111. The van der Waals surface area contributed by atoms with Gasteiger partial charge >= 0.3 is 0 Å². The maximum Gasteiger partial charge on any atom is 0.296 e. The molecule has 2 N–H and O–H groups in total.